The van der Waals surface area contributed by atoms with E-state index in [1.807, 2.05) is 0 Å². The molecule has 1 amide bonds. The van der Waals surface area contributed by atoms with E-state index in [0.29, 0.717) is 5.69 Å². The second kappa shape index (κ2) is 11.4. The maximum atomic E-state index is 12.6. The minimum absolute atomic E-state index is 0.0128. The van der Waals surface area contributed by atoms with Crippen molar-refractivity contribution in [1.82, 2.24) is 10.2 Å². The molecule has 0 unspecified atom stereocenters. The number of likely N-dealkylation sites (tertiary alicyclic amines) is 1. The predicted molar refractivity (Wildman–Crippen MR) is 130 cm³/mol. The number of carbonyl (C=O) groups is 1. The number of anilines is 1. The summed E-state index contributed by atoms with van der Waals surface area (Å²) in [7, 11) is -3.79. The third-order valence-corrected chi connectivity index (χ3v) is 7.67. The van der Waals surface area contributed by atoms with Crippen LogP contribution in [0, 0.1) is 0 Å². The molecule has 0 saturated carbocycles. The van der Waals surface area contributed by atoms with Crippen LogP contribution >= 0.6 is 23.2 Å². The first-order valence-electron chi connectivity index (χ1n) is 10.9. The largest absolute Gasteiger partial charge is 0.353 e. The first-order valence-corrected chi connectivity index (χ1v) is 13.1. The van der Waals surface area contributed by atoms with Crippen molar-refractivity contribution in [3.05, 3.63) is 58.1 Å². The van der Waals surface area contributed by atoms with Gasteiger partial charge in [-0.1, -0.05) is 48.7 Å². The summed E-state index contributed by atoms with van der Waals surface area (Å²) in [5.74, 6) is -0.0128. The number of sulfonamides is 1. The van der Waals surface area contributed by atoms with Gasteiger partial charge in [0.05, 0.1) is 21.4 Å². The van der Waals surface area contributed by atoms with Gasteiger partial charge in [-0.25, -0.2) is 8.42 Å². The number of hydrogen-bond donors (Lipinski definition) is 2. The summed E-state index contributed by atoms with van der Waals surface area (Å²) in [6, 6.07) is 11.1. The van der Waals surface area contributed by atoms with Gasteiger partial charge in [0.25, 0.3) is 10.0 Å². The van der Waals surface area contributed by atoms with Gasteiger partial charge in [0.2, 0.25) is 5.91 Å². The Labute approximate surface area is 200 Å². The Balaban J connectivity index is 1.50. The van der Waals surface area contributed by atoms with Crippen LogP contribution < -0.4 is 10.0 Å². The van der Waals surface area contributed by atoms with E-state index in [1.165, 1.54) is 31.0 Å². The van der Waals surface area contributed by atoms with E-state index in [9.17, 15) is 13.2 Å². The summed E-state index contributed by atoms with van der Waals surface area (Å²) in [4.78, 5) is 14.9. The Hall–Kier alpha value is -1.80. The Morgan fingerprint density at radius 3 is 2.38 bits per heavy atom. The fourth-order valence-corrected chi connectivity index (χ4v) is 5.14. The quantitative estimate of drug-likeness (QED) is 0.525. The molecular formula is C23H29Cl2N3O3S. The van der Waals surface area contributed by atoms with Crippen LogP contribution in [0.25, 0.3) is 0 Å². The SMILES string of the molecule is CCCCN1CCC(NC(=O)Cc2ccc(NS(=O)(=O)c3ccc(Cl)c(Cl)c3)cc2)CC1. The van der Waals surface area contributed by atoms with E-state index in [2.05, 4.69) is 21.9 Å². The van der Waals surface area contributed by atoms with Crippen molar-refractivity contribution in [3.63, 3.8) is 0 Å². The van der Waals surface area contributed by atoms with E-state index in [1.54, 1.807) is 24.3 Å². The summed E-state index contributed by atoms with van der Waals surface area (Å²) in [5, 5.41) is 3.58. The molecule has 0 spiro atoms. The fraction of sp³-hybridized carbons (Fsp3) is 0.435. The van der Waals surface area contributed by atoms with Crippen LogP contribution in [0.2, 0.25) is 10.0 Å². The molecule has 0 aliphatic carbocycles. The lowest BCUT2D eigenvalue weighted by Gasteiger charge is -2.32. The number of benzene rings is 2. The lowest BCUT2D eigenvalue weighted by molar-refractivity contribution is -0.121. The first kappa shape index (κ1) is 24.8. The van der Waals surface area contributed by atoms with Crippen LogP contribution in [0.3, 0.4) is 0 Å². The highest BCUT2D eigenvalue weighted by Gasteiger charge is 2.20. The lowest BCUT2D eigenvalue weighted by Crippen LogP contribution is -2.45. The number of hydrogen-bond acceptors (Lipinski definition) is 4. The van der Waals surface area contributed by atoms with Gasteiger partial charge in [-0.2, -0.15) is 0 Å². The molecular weight excluding hydrogens is 469 g/mol. The molecule has 0 radical (unpaired) electrons. The zero-order chi connectivity index (χ0) is 23.1. The van der Waals surface area contributed by atoms with Crippen LogP contribution in [-0.4, -0.2) is 44.9 Å². The summed E-state index contributed by atoms with van der Waals surface area (Å²) >= 11 is 11.8. The monoisotopic (exact) mass is 497 g/mol. The van der Waals surface area contributed by atoms with Crippen LogP contribution in [0.1, 0.15) is 38.2 Å². The van der Waals surface area contributed by atoms with Crippen molar-refractivity contribution in [3.8, 4) is 0 Å². The molecule has 1 saturated heterocycles. The van der Waals surface area contributed by atoms with Gasteiger partial charge in [0.1, 0.15) is 0 Å². The molecule has 6 nitrogen and oxygen atoms in total. The predicted octanol–water partition coefficient (Wildman–Crippen LogP) is 4.72. The van der Waals surface area contributed by atoms with E-state index in [0.717, 1.165) is 38.0 Å². The average molecular weight is 498 g/mol. The summed E-state index contributed by atoms with van der Waals surface area (Å²) in [6.07, 6.45) is 4.63. The van der Waals surface area contributed by atoms with Crippen LogP contribution in [-0.2, 0) is 21.2 Å². The number of nitrogens with one attached hydrogen (secondary N) is 2. The van der Waals surface area contributed by atoms with Crippen LogP contribution in [0.15, 0.2) is 47.4 Å². The van der Waals surface area contributed by atoms with E-state index >= 15 is 0 Å². The average Bonchev–Trinajstić information content (AvgIpc) is 2.76. The van der Waals surface area contributed by atoms with Crippen LogP contribution in [0.5, 0.6) is 0 Å². The molecule has 0 bridgehead atoms. The third-order valence-electron chi connectivity index (χ3n) is 5.55. The van der Waals surface area contributed by atoms with Gasteiger partial charge in [0.15, 0.2) is 0 Å². The molecule has 1 aliphatic rings. The second-order valence-electron chi connectivity index (χ2n) is 8.09. The maximum Gasteiger partial charge on any atom is 0.261 e. The number of rotatable bonds is 9. The fourth-order valence-electron chi connectivity index (χ4n) is 3.70. The molecule has 2 N–H and O–H groups in total. The minimum atomic E-state index is -3.79. The summed E-state index contributed by atoms with van der Waals surface area (Å²) < 4.78 is 27.6. The van der Waals surface area contributed by atoms with Gasteiger partial charge >= 0.3 is 0 Å². The van der Waals surface area contributed by atoms with E-state index in [-0.39, 0.29) is 33.3 Å². The zero-order valence-corrected chi connectivity index (χ0v) is 20.4. The Bertz CT molecular complexity index is 1020. The van der Waals surface area contributed by atoms with E-state index in [4.69, 9.17) is 23.2 Å². The Kier molecular flexibility index (Phi) is 8.82. The van der Waals surface area contributed by atoms with Crippen molar-refractivity contribution in [2.45, 2.75) is 50.0 Å². The highest BCUT2D eigenvalue weighted by atomic mass is 35.5. The molecule has 0 atom stereocenters. The number of amides is 1. The standard InChI is InChI=1S/C23H29Cl2N3O3S/c1-2-3-12-28-13-10-18(11-14-28)26-23(29)15-17-4-6-19(7-5-17)27-32(30,31)20-8-9-21(24)22(25)16-20/h4-9,16,18,27H,2-3,10-15H2,1H3,(H,26,29). The van der Waals surface area contributed by atoms with Crippen molar-refractivity contribution in [2.24, 2.45) is 0 Å². The Morgan fingerprint density at radius 1 is 1.06 bits per heavy atom. The molecule has 9 heteroatoms. The molecule has 0 aromatic heterocycles. The third kappa shape index (κ3) is 7.10. The molecule has 2 aromatic rings. The molecule has 1 aliphatic heterocycles. The van der Waals surface area contributed by atoms with Crippen molar-refractivity contribution in [2.75, 3.05) is 24.4 Å². The van der Waals surface area contributed by atoms with Crippen molar-refractivity contribution in [1.29, 1.82) is 0 Å². The number of piperidine rings is 1. The molecule has 1 fully saturated rings. The molecule has 3 rings (SSSR count). The van der Waals surface area contributed by atoms with Gasteiger partial charge in [-0.05, 0) is 61.7 Å². The highest BCUT2D eigenvalue weighted by molar-refractivity contribution is 7.92. The normalized spacial score (nSPS) is 15.5. The number of halogens is 2. The topological polar surface area (TPSA) is 78.5 Å². The van der Waals surface area contributed by atoms with Gasteiger partial charge in [-0.15, -0.1) is 0 Å². The molecule has 32 heavy (non-hydrogen) atoms. The van der Waals surface area contributed by atoms with E-state index < -0.39 is 10.0 Å². The maximum absolute atomic E-state index is 12.6. The minimum Gasteiger partial charge on any atom is -0.353 e. The number of unbranched alkanes of at least 4 members (excludes halogenated alkanes) is 1. The number of carbonyl (C=O) groups excluding carboxylic acids is 1. The van der Waals surface area contributed by atoms with Gasteiger partial charge in [0, 0.05) is 24.8 Å². The van der Waals surface area contributed by atoms with Gasteiger partial charge in [-0.3, -0.25) is 9.52 Å². The Morgan fingerprint density at radius 2 is 1.75 bits per heavy atom. The molecule has 2 aromatic carbocycles. The van der Waals surface area contributed by atoms with Crippen LogP contribution in [0.4, 0.5) is 5.69 Å². The molecule has 1 heterocycles. The smallest absolute Gasteiger partial charge is 0.261 e. The van der Waals surface area contributed by atoms with Crippen molar-refractivity contribution < 1.29 is 13.2 Å². The lowest BCUT2D eigenvalue weighted by atomic mass is 10.0. The van der Waals surface area contributed by atoms with Gasteiger partial charge < -0.3 is 10.2 Å². The molecule has 174 valence electrons. The number of nitrogens with zero attached hydrogens (tertiary/aromatic N) is 1. The summed E-state index contributed by atoms with van der Waals surface area (Å²) in [5.41, 5.74) is 1.22. The zero-order valence-electron chi connectivity index (χ0n) is 18.1. The first-order chi connectivity index (χ1) is 15.3. The highest BCUT2D eigenvalue weighted by Crippen LogP contribution is 2.26. The van der Waals surface area contributed by atoms with Crippen molar-refractivity contribution >= 4 is 44.8 Å². The second-order valence-corrected chi connectivity index (χ2v) is 10.6. The summed E-state index contributed by atoms with van der Waals surface area (Å²) in [6.45, 7) is 5.39.